The van der Waals surface area contributed by atoms with Crippen molar-refractivity contribution in [2.45, 2.75) is 27.7 Å². The number of carbonyl (C=O) groups is 1. The van der Waals surface area contributed by atoms with Gasteiger partial charge in [-0.2, -0.15) is 0 Å². The number of thioether (sulfide) groups is 1. The molecule has 1 aromatic rings. The molecule has 0 aromatic heterocycles. The molecule has 0 saturated carbocycles. The van der Waals surface area contributed by atoms with Crippen LogP contribution in [0, 0.1) is 5.92 Å². The van der Waals surface area contributed by atoms with E-state index in [0.29, 0.717) is 21.7 Å². The summed E-state index contributed by atoms with van der Waals surface area (Å²) in [5.41, 5.74) is 2.24. The number of rotatable bonds is 6. The zero-order valence-electron chi connectivity index (χ0n) is 14.2. The van der Waals surface area contributed by atoms with Gasteiger partial charge in [0.05, 0.1) is 4.91 Å². The highest BCUT2D eigenvalue weighted by molar-refractivity contribution is 8.26. The Morgan fingerprint density at radius 1 is 1.22 bits per heavy atom. The van der Waals surface area contributed by atoms with E-state index < -0.39 is 0 Å². The Hall–Kier alpha value is -1.33. The monoisotopic (exact) mass is 348 g/mol. The zero-order chi connectivity index (χ0) is 17.0. The second-order valence-electron chi connectivity index (χ2n) is 5.95. The number of thiocarbonyl (C=S) groups is 1. The van der Waals surface area contributed by atoms with Crippen molar-refractivity contribution in [3.63, 3.8) is 0 Å². The highest BCUT2D eigenvalue weighted by Crippen LogP contribution is 2.33. The SMILES string of the molecule is CCN(CC)c1ccc(/C=C2/SC(=S)N(CC(C)C)C2=O)cc1. The summed E-state index contributed by atoms with van der Waals surface area (Å²) in [5.74, 6) is 0.437. The van der Waals surface area contributed by atoms with Crippen LogP contribution in [0.3, 0.4) is 0 Å². The minimum Gasteiger partial charge on any atom is -0.372 e. The maximum Gasteiger partial charge on any atom is 0.266 e. The van der Waals surface area contributed by atoms with E-state index in [2.05, 4.69) is 56.9 Å². The maximum absolute atomic E-state index is 12.5. The van der Waals surface area contributed by atoms with E-state index in [1.807, 2.05) is 6.08 Å². The first kappa shape index (κ1) is 18.0. The van der Waals surface area contributed by atoms with E-state index >= 15 is 0 Å². The van der Waals surface area contributed by atoms with Gasteiger partial charge in [-0.1, -0.05) is 50.0 Å². The van der Waals surface area contributed by atoms with Gasteiger partial charge in [0.1, 0.15) is 4.32 Å². The smallest absolute Gasteiger partial charge is 0.266 e. The third kappa shape index (κ3) is 4.36. The molecule has 1 aliphatic heterocycles. The summed E-state index contributed by atoms with van der Waals surface area (Å²) in [6.07, 6.45) is 1.94. The van der Waals surface area contributed by atoms with Crippen molar-refractivity contribution in [2.75, 3.05) is 24.5 Å². The first-order chi connectivity index (χ1) is 11.0. The van der Waals surface area contributed by atoms with Crippen molar-refractivity contribution in [3.8, 4) is 0 Å². The fourth-order valence-corrected chi connectivity index (χ4v) is 3.82. The van der Waals surface area contributed by atoms with E-state index in [9.17, 15) is 4.79 Å². The lowest BCUT2D eigenvalue weighted by atomic mass is 10.1. The minimum absolute atomic E-state index is 0.0292. The van der Waals surface area contributed by atoms with Gasteiger partial charge in [-0.05, 0) is 43.5 Å². The van der Waals surface area contributed by atoms with E-state index in [-0.39, 0.29) is 5.91 Å². The maximum atomic E-state index is 12.5. The first-order valence-corrected chi connectivity index (χ1v) is 9.29. The van der Waals surface area contributed by atoms with Crippen molar-refractivity contribution in [2.24, 2.45) is 5.92 Å². The molecular formula is C18H24N2OS2. The number of amides is 1. The van der Waals surface area contributed by atoms with Crippen LogP contribution in [0.5, 0.6) is 0 Å². The highest BCUT2D eigenvalue weighted by atomic mass is 32.2. The summed E-state index contributed by atoms with van der Waals surface area (Å²) >= 11 is 6.73. The molecule has 0 aliphatic carbocycles. The van der Waals surface area contributed by atoms with Crippen LogP contribution in [0.25, 0.3) is 6.08 Å². The summed E-state index contributed by atoms with van der Waals surface area (Å²) in [4.78, 5) is 17.2. The predicted molar refractivity (Wildman–Crippen MR) is 105 cm³/mol. The summed E-state index contributed by atoms with van der Waals surface area (Å²) in [5, 5.41) is 0. The molecule has 124 valence electrons. The van der Waals surface area contributed by atoms with Crippen LogP contribution in [-0.2, 0) is 4.79 Å². The number of benzene rings is 1. The Labute approximate surface area is 148 Å². The Morgan fingerprint density at radius 2 is 1.83 bits per heavy atom. The molecule has 1 heterocycles. The number of carbonyl (C=O) groups excluding carboxylic acids is 1. The molecule has 5 heteroatoms. The van der Waals surface area contributed by atoms with E-state index in [1.165, 1.54) is 17.4 Å². The van der Waals surface area contributed by atoms with E-state index in [4.69, 9.17) is 12.2 Å². The Kier molecular flexibility index (Phi) is 6.25. The van der Waals surface area contributed by atoms with Crippen molar-refractivity contribution in [1.82, 2.24) is 4.90 Å². The second-order valence-corrected chi connectivity index (χ2v) is 7.63. The highest BCUT2D eigenvalue weighted by Gasteiger charge is 2.32. The molecule has 1 aromatic carbocycles. The molecule has 0 unspecified atom stereocenters. The number of hydrogen-bond donors (Lipinski definition) is 0. The second kappa shape index (κ2) is 7.97. The van der Waals surface area contributed by atoms with Gasteiger partial charge < -0.3 is 4.90 Å². The van der Waals surface area contributed by atoms with Crippen LogP contribution in [-0.4, -0.2) is 34.8 Å². The van der Waals surface area contributed by atoms with Crippen molar-refractivity contribution in [1.29, 1.82) is 0 Å². The van der Waals surface area contributed by atoms with Crippen molar-refractivity contribution >= 4 is 46.0 Å². The van der Waals surface area contributed by atoms with Crippen LogP contribution in [0.1, 0.15) is 33.3 Å². The molecule has 0 N–H and O–H groups in total. The lowest BCUT2D eigenvalue weighted by Crippen LogP contribution is -2.31. The summed E-state index contributed by atoms with van der Waals surface area (Å²) < 4.78 is 0.662. The van der Waals surface area contributed by atoms with Gasteiger partial charge >= 0.3 is 0 Å². The summed E-state index contributed by atoms with van der Waals surface area (Å²) in [6, 6.07) is 8.33. The average Bonchev–Trinajstić information content (AvgIpc) is 2.77. The standard InChI is InChI=1S/C18H24N2OS2/c1-5-19(6-2)15-9-7-14(8-10-15)11-16-17(21)20(12-13(3)4)18(22)23-16/h7-11,13H,5-6,12H2,1-4H3/b16-11+. The summed E-state index contributed by atoms with van der Waals surface area (Å²) in [6.45, 7) is 11.1. The van der Waals surface area contributed by atoms with Crippen molar-refractivity contribution < 1.29 is 4.79 Å². The normalized spacial score (nSPS) is 16.7. The topological polar surface area (TPSA) is 23.6 Å². The third-order valence-corrected chi connectivity index (χ3v) is 5.12. The molecule has 0 bridgehead atoms. The molecule has 1 fully saturated rings. The van der Waals surface area contributed by atoms with Crippen LogP contribution in [0.15, 0.2) is 29.2 Å². The molecule has 0 spiro atoms. The van der Waals surface area contributed by atoms with E-state index in [0.717, 1.165) is 18.7 Å². The third-order valence-electron chi connectivity index (χ3n) is 3.74. The van der Waals surface area contributed by atoms with Crippen LogP contribution in [0.4, 0.5) is 5.69 Å². The van der Waals surface area contributed by atoms with Gasteiger partial charge in [-0.15, -0.1) is 0 Å². The molecule has 0 atom stereocenters. The first-order valence-electron chi connectivity index (χ1n) is 8.06. The van der Waals surface area contributed by atoms with Gasteiger partial charge in [-0.3, -0.25) is 9.69 Å². The summed E-state index contributed by atoms with van der Waals surface area (Å²) in [7, 11) is 0. The average molecular weight is 349 g/mol. The lowest BCUT2D eigenvalue weighted by molar-refractivity contribution is -0.122. The number of anilines is 1. The van der Waals surface area contributed by atoms with Crippen molar-refractivity contribution in [3.05, 3.63) is 34.7 Å². The largest absolute Gasteiger partial charge is 0.372 e. The van der Waals surface area contributed by atoms with Crippen LogP contribution in [0.2, 0.25) is 0 Å². The number of hydrogen-bond acceptors (Lipinski definition) is 4. The lowest BCUT2D eigenvalue weighted by Gasteiger charge is -2.20. The molecule has 1 amide bonds. The minimum atomic E-state index is 0.0292. The quantitative estimate of drug-likeness (QED) is 0.562. The predicted octanol–water partition coefficient (Wildman–Crippen LogP) is 4.39. The number of nitrogens with zero attached hydrogens (tertiary/aromatic N) is 2. The van der Waals surface area contributed by atoms with Gasteiger partial charge in [0.15, 0.2) is 0 Å². The fourth-order valence-electron chi connectivity index (χ4n) is 2.54. The Balaban J connectivity index is 2.16. The van der Waals surface area contributed by atoms with Gasteiger partial charge in [0.2, 0.25) is 0 Å². The Morgan fingerprint density at radius 3 is 2.35 bits per heavy atom. The van der Waals surface area contributed by atoms with E-state index in [1.54, 1.807) is 4.90 Å². The van der Waals surface area contributed by atoms with Crippen LogP contribution < -0.4 is 4.90 Å². The molecular weight excluding hydrogens is 324 g/mol. The fraction of sp³-hybridized carbons (Fsp3) is 0.444. The van der Waals surface area contributed by atoms with Crippen LogP contribution >= 0.6 is 24.0 Å². The van der Waals surface area contributed by atoms with Gasteiger partial charge in [0.25, 0.3) is 5.91 Å². The molecule has 23 heavy (non-hydrogen) atoms. The zero-order valence-corrected chi connectivity index (χ0v) is 15.8. The molecule has 3 nitrogen and oxygen atoms in total. The molecule has 1 saturated heterocycles. The van der Waals surface area contributed by atoms with Gasteiger partial charge in [-0.25, -0.2) is 0 Å². The molecule has 2 rings (SSSR count). The van der Waals surface area contributed by atoms with Gasteiger partial charge in [0, 0.05) is 25.3 Å². The molecule has 1 aliphatic rings. The Bertz CT molecular complexity index is 604. The molecule has 0 radical (unpaired) electrons.